The average Bonchev–Trinajstić information content (AvgIpc) is 2.14. The molecule has 0 N–H and O–H groups in total. The number of ether oxygens (including phenoxy) is 1. The Morgan fingerprint density at radius 3 is 2.50 bits per heavy atom. The number of rotatable bonds is 3. The zero-order valence-electron chi connectivity index (χ0n) is 7.75. The third-order valence-corrected chi connectivity index (χ3v) is 3.54. The Labute approximate surface area is 109 Å². The number of pyridine rings is 1. The Kier molecular flexibility index (Phi) is 4.29. The number of hydrogen-bond donors (Lipinski definition) is 0. The van der Waals surface area contributed by atoms with Gasteiger partial charge in [0.05, 0.1) is 12.7 Å². The van der Waals surface area contributed by atoms with Crippen molar-refractivity contribution in [2.24, 2.45) is 0 Å². The van der Waals surface area contributed by atoms with Gasteiger partial charge in [0.25, 0.3) is 15.5 Å². The quantitative estimate of drug-likeness (QED) is 0.457. The van der Waals surface area contributed by atoms with E-state index in [9.17, 15) is 17.2 Å². The summed E-state index contributed by atoms with van der Waals surface area (Å²) >= 11 is 1.59. The van der Waals surface area contributed by atoms with Gasteiger partial charge in [0, 0.05) is 10.7 Å². The molecule has 1 rings (SSSR count). The molecule has 1 aromatic rings. The lowest BCUT2D eigenvalue weighted by atomic mass is 10.2. The Bertz CT molecular complexity index is 509. The highest BCUT2D eigenvalue weighted by atomic mass is 127. The van der Waals surface area contributed by atoms with Crippen LogP contribution in [-0.4, -0.2) is 20.5 Å². The Balaban J connectivity index is 3.52. The van der Waals surface area contributed by atoms with Crippen LogP contribution in [0.4, 0.5) is 8.78 Å². The molecule has 0 atom stereocenters. The first-order valence-corrected chi connectivity index (χ1v) is 7.13. The number of aromatic nitrogens is 1. The van der Waals surface area contributed by atoms with Crippen LogP contribution in [-0.2, 0) is 9.05 Å². The van der Waals surface area contributed by atoms with Crippen molar-refractivity contribution < 1.29 is 21.9 Å². The number of methoxy groups -OCH3 is 1. The summed E-state index contributed by atoms with van der Waals surface area (Å²) in [6.45, 7) is 0. The van der Waals surface area contributed by atoms with E-state index in [2.05, 4.69) is 4.98 Å². The van der Waals surface area contributed by atoms with Crippen molar-refractivity contribution in [1.82, 2.24) is 4.98 Å². The second kappa shape index (κ2) is 4.96. The zero-order valence-corrected chi connectivity index (χ0v) is 11.5. The Morgan fingerprint density at radius 1 is 1.56 bits per heavy atom. The molecule has 0 aliphatic heterocycles. The summed E-state index contributed by atoms with van der Waals surface area (Å²) in [6, 6.07) is 0.702. The van der Waals surface area contributed by atoms with Crippen LogP contribution in [0.5, 0.6) is 5.75 Å². The highest BCUT2D eigenvalue weighted by molar-refractivity contribution is 14.1. The van der Waals surface area contributed by atoms with Gasteiger partial charge in [0.2, 0.25) is 0 Å². The molecule has 9 heteroatoms. The van der Waals surface area contributed by atoms with E-state index in [-0.39, 0.29) is 9.45 Å². The fraction of sp³-hybridized carbons (Fsp3) is 0.286. The molecule has 0 saturated carbocycles. The lowest BCUT2D eigenvalue weighted by Gasteiger charge is -2.10. The second-order valence-electron chi connectivity index (χ2n) is 2.61. The van der Waals surface area contributed by atoms with Crippen LogP contribution in [0.25, 0.3) is 0 Å². The van der Waals surface area contributed by atoms with E-state index in [1.807, 2.05) is 0 Å². The van der Waals surface area contributed by atoms with Crippen LogP contribution in [0.2, 0.25) is 0 Å². The molecule has 1 aromatic heterocycles. The van der Waals surface area contributed by atoms with Gasteiger partial charge in [-0.1, -0.05) is 0 Å². The van der Waals surface area contributed by atoms with Gasteiger partial charge in [0.15, 0.2) is 10.8 Å². The highest BCUT2D eigenvalue weighted by Crippen LogP contribution is 2.34. The van der Waals surface area contributed by atoms with Crippen molar-refractivity contribution >= 4 is 42.3 Å². The number of hydrogen-bond acceptors (Lipinski definition) is 4. The van der Waals surface area contributed by atoms with Gasteiger partial charge in [-0.2, -0.15) is 0 Å². The molecule has 0 aliphatic rings. The number of alkyl halides is 2. The molecule has 0 aliphatic carbocycles. The van der Waals surface area contributed by atoms with E-state index in [1.165, 1.54) is 7.11 Å². The molecular formula is C7H5ClF2INO3S. The van der Waals surface area contributed by atoms with E-state index in [0.717, 1.165) is 0 Å². The minimum Gasteiger partial charge on any atom is -0.493 e. The molecule has 0 unspecified atom stereocenters. The first-order valence-electron chi connectivity index (χ1n) is 3.74. The lowest BCUT2D eigenvalue weighted by Crippen LogP contribution is -2.03. The summed E-state index contributed by atoms with van der Waals surface area (Å²) in [5.41, 5.74) is -0.555. The monoisotopic (exact) mass is 383 g/mol. The molecule has 0 fully saturated rings. The van der Waals surface area contributed by atoms with E-state index >= 15 is 0 Å². The minimum atomic E-state index is -4.14. The number of nitrogens with zero attached hydrogens (tertiary/aromatic N) is 1. The maximum atomic E-state index is 12.6. The molecule has 16 heavy (non-hydrogen) atoms. The van der Waals surface area contributed by atoms with E-state index in [4.69, 9.17) is 15.4 Å². The van der Waals surface area contributed by atoms with Gasteiger partial charge in [-0.3, -0.25) is 0 Å². The molecule has 0 amide bonds. The summed E-state index contributed by atoms with van der Waals surface area (Å²) in [5, 5.41) is -0.616. The van der Waals surface area contributed by atoms with Crippen molar-refractivity contribution in [3.63, 3.8) is 0 Å². The highest BCUT2D eigenvalue weighted by Gasteiger charge is 2.23. The van der Waals surface area contributed by atoms with Crippen molar-refractivity contribution in [2.45, 2.75) is 11.5 Å². The minimum absolute atomic E-state index is 0.0112. The first-order chi connectivity index (χ1) is 7.27. The smallest absolute Gasteiger partial charge is 0.278 e. The zero-order chi connectivity index (χ0) is 12.5. The molecule has 0 radical (unpaired) electrons. The van der Waals surface area contributed by atoms with Gasteiger partial charge in [-0.25, -0.2) is 22.2 Å². The van der Waals surface area contributed by atoms with Gasteiger partial charge in [-0.05, 0) is 28.7 Å². The van der Waals surface area contributed by atoms with Crippen molar-refractivity contribution in [1.29, 1.82) is 0 Å². The van der Waals surface area contributed by atoms with Gasteiger partial charge >= 0.3 is 0 Å². The molecule has 4 nitrogen and oxygen atoms in total. The second-order valence-corrected chi connectivity index (χ2v) is 6.15. The molecular weight excluding hydrogens is 379 g/mol. The Morgan fingerprint density at radius 2 is 2.12 bits per heavy atom. The maximum Gasteiger partial charge on any atom is 0.278 e. The number of halogens is 4. The van der Waals surface area contributed by atoms with E-state index < -0.39 is 26.1 Å². The molecule has 1 heterocycles. The molecule has 0 bridgehead atoms. The average molecular weight is 384 g/mol. The molecule has 0 spiro atoms. The normalized spacial score (nSPS) is 11.9. The predicted octanol–water partition coefficient (Wildman–Crippen LogP) is 2.56. The summed E-state index contributed by atoms with van der Waals surface area (Å²) in [4.78, 5) is 3.57. The van der Waals surface area contributed by atoms with Gasteiger partial charge in [-0.15, -0.1) is 0 Å². The van der Waals surface area contributed by atoms with E-state index in [1.54, 1.807) is 22.6 Å². The fourth-order valence-electron chi connectivity index (χ4n) is 0.987. The van der Waals surface area contributed by atoms with Crippen LogP contribution in [0.1, 0.15) is 12.0 Å². The summed E-state index contributed by atoms with van der Waals surface area (Å²) in [6.07, 6.45) is -2.87. The van der Waals surface area contributed by atoms with Gasteiger partial charge in [0.1, 0.15) is 3.70 Å². The SMILES string of the molecule is COc1c(C(F)F)cc(S(=O)(=O)Cl)nc1I. The summed E-state index contributed by atoms with van der Waals surface area (Å²) < 4.78 is 51.9. The van der Waals surface area contributed by atoms with Crippen LogP contribution in [0.15, 0.2) is 11.1 Å². The van der Waals surface area contributed by atoms with Crippen LogP contribution >= 0.6 is 33.3 Å². The van der Waals surface area contributed by atoms with Crippen molar-refractivity contribution in [3.05, 3.63) is 15.3 Å². The third kappa shape index (κ3) is 2.92. The Hall–Kier alpha value is -0.220. The standard InChI is InChI=1S/C7H5ClF2INO3S/c1-15-5-3(6(9)10)2-4(12-7(5)11)16(8,13)14/h2,6H,1H3. The topological polar surface area (TPSA) is 56.3 Å². The van der Waals surface area contributed by atoms with Crippen molar-refractivity contribution in [2.75, 3.05) is 7.11 Å². The molecule has 0 saturated heterocycles. The van der Waals surface area contributed by atoms with Crippen LogP contribution in [0, 0.1) is 3.70 Å². The van der Waals surface area contributed by atoms with Gasteiger partial charge < -0.3 is 4.74 Å². The predicted molar refractivity (Wildman–Crippen MR) is 61.5 cm³/mol. The third-order valence-electron chi connectivity index (χ3n) is 1.63. The van der Waals surface area contributed by atoms with Crippen molar-refractivity contribution in [3.8, 4) is 5.75 Å². The van der Waals surface area contributed by atoms with E-state index in [0.29, 0.717) is 6.07 Å². The largest absolute Gasteiger partial charge is 0.493 e. The summed E-state index contributed by atoms with van der Waals surface area (Å²) in [7, 11) is 2.08. The molecule has 0 aromatic carbocycles. The maximum absolute atomic E-state index is 12.6. The first kappa shape index (κ1) is 13.8. The van der Waals surface area contributed by atoms with Crippen LogP contribution in [0.3, 0.4) is 0 Å². The lowest BCUT2D eigenvalue weighted by molar-refractivity contribution is 0.146. The molecule has 90 valence electrons. The summed E-state index contributed by atoms with van der Waals surface area (Å²) in [5.74, 6) is -0.153. The fourth-order valence-corrected chi connectivity index (χ4v) is 2.65. The van der Waals surface area contributed by atoms with Crippen LogP contribution < -0.4 is 4.74 Å².